The molecule has 0 bridgehead atoms. The van der Waals surface area contributed by atoms with Gasteiger partial charge >= 0.3 is 0 Å². The summed E-state index contributed by atoms with van der Waals surface area (Å²) in [6.07, 6.45) is 3.64. The van der Waals surface area contributed by atoms with Gasteiger partial charge in [0.15, 0.2) is 0 Å². The van der Waals surface area contributed by atoms with Crippen LogP contribution in [0.2, 0.25) is 0 Å². The molecule has 1 saturated heterocycles. The van der Waals surface area contributed by atoms with Gasteiger partial charge in [0.2, 0.25) is 0 Å². The zero-order valence-corrected chi connectivity index (χ0v) is 4.85. The van der Waals surface area contributed by atoms with E-state index < -0.39 is 0 Å². The van der Waals surface area contributed by atoms with Gasteiger partial charge in [-0.25, -0.2) is 0 Å². The zero-order valence-electron chi connectivity index (χ0n) is 4.85. The Morgan fingerprint density at radius 1 is 1.50 bits per heavy atom. The van der Waals surface area contributed by atoms with E-state index in [1.165, 1.54) is 19.3 Å². The number of hydrogen-bond donors (Lipinski definition) is 2. The monoisotopic (exact) mass is 113 g/mol. The van der Waals surface area contributed by atoms with Crippen molar-refractivity contribution in [2.24, 2.45) is 0 Å². The number of aliphatic hydroxyl groups excluding tert-OH is 1. The minimum Gasteiger partial charge on any atom is -0.390 e. The first-order valence-corrected chi connectivity index (χ1v) is 3.27. The van der Waals surface area contributed by atoms with Crippen LogP contribution in [-0.4, -0.2) is 23.3 Å². The Bertz CT molecular complexity index is 104. The fraction of sp³-hybridized carbons (Fsp3) is 1.00. The van der Waals surface area contributed by atoms with Crippen molar-refractivity contribution in [2.45, 2.75) is 30.9 Å². The van der Waals surface area contributed by atoms with Gasteiger partial charge in [0.1, 0.15) is 0 Å². The maximum absolute atomic E-state index is 9.16. The van der Waals surface area contributed by atoms with E-state index >= 15 is 0 Å². The maximum atomic E-state index is 9.16. The molecular formula is C6H11NO. The summed E-state index contributed by atoms with van der Waals surface area (Å²) in [6, 6.07) is 0. The van der Waals surface area contributed by atoms with Crippen molar-refractivity contribution in [1.82, 2.24) is 5.32 Å². The van der Waals surface area contributed by atoms with E-state index in [1.807, 2.05) is 0 Å². The van der Waals surface area contributed by atoms with Gasteiger partial charge in [-0.3, -0.25) is 0 Å². The molecule has 1 aliphatic heterocycles. The molecule has 2 rings (SSSR count). The topological polar surface area (TPSA) is 32.3 Å². The molecule has 2 heteroatoms. The van der Waals surface area contributed by atoms with Gasteiger partial charge in [-0.2, -0.15) is 0 Å². The smallest absolute Gasteiger partial charge is 0.0845 e. The molecule has 0 aromatic carbocycles. The third-order valence-electron chi connectivity index (χ3n) is 2.53. The molecule has 2 nitrogen and oxygen atoms in total. The van der Waals surface area contributed by atoms with Crippen molar-refractivity contribution in [3.8, 4) is 0 Å². The number of nitrogens with one attached hydrogen (secondary N) is 1. The van der Waals surface area contributed by atoms with E-state index in [-0.39, 0.29) is 11.6 Å². The average Bonchev–Trinajstić information content (AvgIpc) is 1.58. The second-order valence-corrected chi connectivity index (χ2v) is 2.91. The van der Waals surface area contributed by atoms with E-state index in [4.69, 9.17) is 5.11 Å². The van der Waals surface area contributed by atoms with Crippen molar-refractivity contribution in [3.63, 3.8) is 0 Å². The van der Waals surface area contributed by atoms with Crippen LogP contribution in [-0.2, 0) is 0 Å². The highest BCUT2D eigenvalue weighted by Gasteiger charge is 2.49. The quantitative estimate of drug-likeness (QED) is 0.459. The summed E-state index contributed by atoms with van der Waals surface area (Å²) in [5.74, 6) is 0. The normalized spacial score (nSPS) is 40.9. The van der Waals surface area contributed by atoms with Crippen LogP contribution in [0.1, 0.15) is 19.3 Å². The van der Waals surface area contributed by atoms with Gasteiger partial charge in [-0.1, -0.05) is 0 Å². The van der Waals surface area contributed by atoms with Crippen molar-refractivity contribution < 1.29 is 5.11 Å². The SMILES string of the molecule is OC1CNC12CCC2. The highest BCUT2D eigenvalue weighted by molar-refractivity contribution is 5.09. The van der Waals surface area contributed by atoms with Crippen molar-refractivity contribution in [3.05, 3.63) is 0 Å². The van der Waals surface area contributed by atoms with Gasteiger partial charge in [0.05, 0.1) is 6.10 Å². The standard InChI is InChI=1S/C6H11NO/c8-5-4-7-6(5)2-1-3-6/h5,7-8H,1-4H2. The summed E-state index contributed by atoms with van der Waals surface area (Å²) < 4.78 is 0. The molecule has 1 aliphatic carbocycles. The number of rotatable bonds is 0. The second kappa shape index (κ2) is 1.25. The summed E-state index contributed by atoms with van der Waals surface area (Å²) in [5.41, 5.74) is 0.208. The molecule has 0 radical (unpaired) electrons. The Morgan fingerprint density at radius 3 is 2.25 bits per heavy atom. The molecule has 1 atom stereocenters. The highest BCUT2D eigenvalue weighted by atomic mass is 16.3. The molecule has 1 spiro atoms. The second-order valence-electron chi connectivity index (χ2n) is 2.91. The molecule has 1 saturated carbocycles. The van der Waals surface area contributed by atoms with Crippen molar-refractivity contribution in [1.29, 1.82) is 0 Å². The molecular weight excluding hydrogens is 102 g/mol. The highest BCUT2D eigenvalue weighted by Crippen LogP contribution is 2.39. The van der Waals surface area contributed by atoms with E-state index in [9.17, 15) is 0 Å². The van der Waals surface area contributed by atoms with E-state index in [0.717, 1.165) is 6.54 Å². The van der Waals surface area contributed by atoms with E-state index in [0.29, 0.717) is 0 Å². The Labute approximate surface area is 48.9 Å². The molecule has 2 N–H and O–H groups in total. The largest absolute Gasteiger partial charge is 0.390 e. The lowest BCUT2D eigenvalue weighted by atomic mass is 9.68. The molecule has 2 aliphatic rings. The third-order valence-corrected chi connectivity index (χ3v) is 2.53. The lowest BCUT2D eigenvalue weighted by molar-refractivity contribution is -0.0603. The van der Waals surface area contributed by atoms with Gasteiger partial charge < -0.3 is 10.4 Å². The van der Waals surface area contributed by atoms with Gasteiger partial charge in [0, 0.05) is 12.1 Å². The summed E-state index contributed by atoms with van der Waals surface area (Å²) in [5, 5.41) is 12.4. The van der Waals surface area contributed by atoms with Crippen LogP contribution in [0.4, 0.5) is 0 Å². The average molecular weight is 113 g/mol. The Morgan fingerprint density at radius 2 is 2.25 bits per heavy atom. The van der Waals surface area contributed by atoms with Crippen LogP contribution in [0.25, 0.3) is 0 Å². The Kier molecular flexibility index (Phi) is 0.746. The Hall–Kier alpha value is -0.0800. The van der Waals surface area contributed by atoms with Gasteiger partial charge in [-0.15, -0.1) is 0 Å². The minimum absolute atomic E-state index is 0.0313. The molecule has 8 heavy (non-hydrogen) atoms. The maximum Gasteiger partial charge on any atom is 0.0845 e. The van der Waals surface area contributed by atoms with Gasteiger partial charge in [-0.05, 0) is 19.3 Å². The predicted octanol–water partition coefficient (Wildman–Crippen LogP) is -0.127. The lowest BCUT2D eigenvalue weighted by Gasteiger charge is -2.54. The van der Waals surface area contributed by atoms with Crippen LogP contribution < -0.4 is 5.32 Å². The number of β-amino-alcohol motifs (C(OH)–C–C–N with tert-alkyl or cyclic N) is 1. The van der Waals surface area contributed by atoms with Crippen molar-refractivity contribution >= 4 is 0 Å². The summed E-state index contributed by atoms with van der Waals surface area (Å²) >= 11 is 0. The minimum atomic E-state index is -0.0313. The summed E-state index contributed by atoms with van der Waals surface area (Å²) in [4.78, 5) is 0. The Balaban J connectivity index is 2.03. The van der Waals surface area contributed by atoms with E-state index in [1.54, 1.807) is 0 Å². The fourth-order valence-corrected chi connectivity index (χ4v) is 1.55. The van der Waals surface area contributed by atoms with Crippen LogP contribution >= 0.6 is 0 Å². The molecule has 0 aromatic heterocycles. The molecule has 0 aromatic rings. The number of hydrogen-bond acceptors (Lipinski definition) is 2. The lowest BCUT2D eigenvalue weighted by Crippen LogP contribution is -2.72. The number of aliphatic hydroxyl groups is 1. The van der Waals surface area contributed by atoms with Crippen molar-refractivity contribution in [2.75, 3.05) is 6.54 Å². The summed E-state index contributed by atoms with van der Waals surface area (Å²) in [6.45, 7) is 0.819. The first kappa shape index (κ1) is 4.77. The third kappa shape index (κ3) is 0.361. The van der Waals surface area contributed by atoms with Gasteiger partial charge in [0.25, 0.3) is 0 Å². The molecule has 1 unspecified atom stereocenters. The zero-order chi connectivity index (χ0) is 5.61. The fourth-order valence-electron chi connectivity index (χ4n) is 1.55. The van der Waals surface area contributed by atoms with Crippen LogP contribution in [0, 0.1) is 0 Å². The van der Waals surface area contributed by atoms with Crippen LogP contribution in [0.3, 0.4) is 0 Å². The molecule has 1 heterocycles. The summed E-state index contributed by atoms with van der Waals surface area (Å²) in [7, 11) is 0. The first-order valence-electron chi connectivity index (χ1n) is 3.27. The molecule has 0 amide bonds. The van der Waals surface area contributed by atoms with E-state index in [2.05, 4.69) is 5.32 Å². The van der Waals surface area contributed by atoms with Crippen LogP contribution in [0.5, 0.6) is 0 Å². The molecule has 2 fully saturated rings. The van der Waals surface area contributed by atoms with Crippen LogP contribution in [0.15, 0.2) is 0 Å². The first-order chi connectivity index (χ1) is 3.83. The molecule has 46 valence electrons. The predicted molar refractivity (Wildman–Crippen MR) is 30.6 cm³/mol.